The van der Waals surface area contributed by atoms with Crippen LogP contribution in [-0.2, 0) is 0 Å². The summed E-state index contributed by atoms with van der Waals surface area (Å²) >= 11 is 0. The zero-order valence-corrected chi connectivity index (χ0v) is 12.5. The second-order valence-corrected chi connectivity index (χ2v) is 6.59. The summed E-state index contributed by atoms with van der Waals surface area (Å²) in [5, 5.41) is 0. The standard InChI is InChI=1S/C18H14S2/c1-3-9-15(10-4-1)17-13-7-8-14-18(17)20-19-16-11-5-2-6-12-16/h1-14H. The first-order valence-electron chi connectivity index (χ1n) is 6.47. The van der Waals surface area contributed by atoms with Gasteiger partial charge in [-0.05, 0) is 29.3 Å². The third kappa shape index (κ3) is 3.27. The zero-order chi connectivity index (χ0) is 13.6. The topological polar surface area (TPSA) is 0 Å². The number of hydrogen-bond acceptors (Lipinski definition) is 2. The third-order valence-corrected chi connectivity index (χ3v) is 5.39. The molecular weight excluding hydrogens is 280 g/mol. The fraction of sp³-hybridized carbons (Fsp3) is 0. The highest BCUT2D eigenvalue weighted by Gasteiger charge is 2.05. The van der Waals surface area contributed by atoms with Crippen molar-refractivity contribution < 1.29 is 0 Å². The zero-order valence-electron chi connectivity index (χ0n) is 10.9. The summed E-state index contributed by atoms with van der Waals surface area (Å²) in [6.45, 7) is 0. The Morgan fingerprint density at radius 2 is 1.10 bits per heavy atom. The molecule has 98 valence electrons. The van der Waals surface area contributed by atoms with Crippen LogP contribution in [0.4, 0.5) is 0 Å². The van der Waals surface area contributed by atoms with E-state index in [1.165, 1.54) is 20.9 Å². The normalized spacial score (nSPS) is 10.4. The van der Waals surface area contributed by atoms with Gasteiger partial charge in [-0.1, -0.05) is 88.3 Å². The fourth-order valence-corrected chi connectivity index (χ4v) is 4.16. The summed E-state index contributed by atoms with van der Waals surface area (Å²) in [4.78, 5) is 2.58. The molecule has 0 aromatic heterocycles. The second kappa shape index (κ2) is 6.69. The molecule has 0 spiro atoms. The molecule has 0 aliphatic rings. The van der Waals surface area contributed by atoms with E-state index in [1.807, 2.05) is 16.9 Å². The maximum atomic E-state index is 2.18. The molecule has 0 radical (unpaired) electrons. The maximum absolute atomic E-state index is 2.18. The van der Waals surface area contributed by atoms with E-state index in [1.54, 1.807) is 10.8 Å². The minimum Gasteiger partial charge on any atom is -0.0622 e. The van der Waals surface area contributed by atoms with E-state index < -0.39 is 0 Å². The predicted molar refractivity (Wildman–Crippen MR) is 90.0 cm³/mol. The Bertz CT molecular complexity index is 663. The van der Waals surface area contributed by atoms with Gasteiger partial charge in [0, 0.05) is 9.79 Å². The van der Waals surface area contributed by atoms with Crippen molar-refractivity contribution in [2.45, 2.75) is 9.79 Å². The van der Waals surface area contributed by atoms with Crippen molar-refractivity contribution in [1.82, 2.24) is 0 Å². The molecule has 0 nitrogen and oxygen atoms in total. The quantitative estimate of drug-likeness (QED) is 0.529. The first-order valence-corrected chi connectivity index (χ1v) is 8.62. The average Bonchev–Trinajstić information content (AvgIpc) is 2.55. The van der Waals surface area contributed by atoms with Crippen LogP contribution in [0.15, 0.2) is 94.7 Å². The Kier molecular flexibility index (Phi) is 4.46. The van der Waals surface area contributed by atoms with Crippen molar-refractivity contribution in [2.75, 3.05) is 0 Å². The highest BCUT2D eigenvalue weighted by atomic mass is 33.1. The Morgan fingerprint density at radius 3 is 1.85 bits per heavy atom. The molecule has 0 amide bonds. The molecule has 0 atom stereocenters. The SMILES string of the molecule is c1ccc(SSc2ccccc2-c2ccccc2)cc1. The number of benzene rings is 3. The molecule has 0 aliphatic carbocycles. The maximum Gasteiger partial charge on any atom is 0.0264 e. The Labute approximate surface area is 127 Å². The van der Waals surface area contributed by atoms with Crippen LogP contribution in [0.3, 0.4) is 0 Å². The molecule has 0 heterocycles. The van der Waals surface area contributed by atoms with Crippen LogP contribution in [0, 0.1) is 0 Å². The minimum atomic E-state index is 1.27. The molecule has 0 fully saturated rings. The Hall–Kier alpha value is -1.64. The Morgan fingerprint density at radius 1 is 0.500 bits per heavy atom. The molecule has 3 aromatic rings. The highest BCUT2D eigenvalue weighted by Crippen LogP contribution is 2.41. The van der Waals surface area contributed by atoms with Crippen LogP contribution < -0.4 is 0 Å². The van der Waals surface area contributed by atoms with Crippen LogP contribution >= 0.6 is 21.6 Å². The van der Waals surface area contributed by atoms with Gasteiger partial charge < -0.3 is 0 Å². The van der Waals surface area contributed by atoms with Gasteiger partial charge >= 0.3 is 0 Å². The van der Waals surface area contributed by atoms with Crippen LogP contribution in [0.25, 0.3) is 11.1 Å². The molecule has 0 aliphatic heterocycles. The smallest absolute Gasteiger partial charge is 0.0264 e. The van der Waals surface area contributed by atoms with Crippen molar-refractivity contribution in [2.24, 2.45) is 0 Å². The lowest BCUT2D eigenvalue weighted by atomic mass is 10.1. The van der Waals surface area contributed by atoms with Gasteiger partial charge in [-0.15, -0.1) is 0 Å². The molecule has 0 saturated carbocycles. The fourth-order valence-electron chi connectivity index (χ4n) is 1.96. The van der Waals surface area contributed by atoms with E-state index in [0.29, 0.717) is 0 Å². The predicted octanol–water partition coefficient (Wildman–Crippen LogP) is 6.15. The van der Waals surface area contributed by atoms with Crippen molar-refractivity contribution in [3.05, 3.63) is 84.9 Å². The molecular formula is C18H14S2. The molecule has 0 unspecified atom stereocenters. The molecule has 0 bridgehead atoms. The van der Waals surface area contributed by atoms with E-state index in [9.17, 15) is 0 Å². The molecule has 3 aromatic carbocycles. The van der Waals surface area contributed by atoms with Gasteiger partial charge in [0.15, 0.2) is 0 Å². The first kappa shape index (κ1) is 13.3. The van der Waals surface area contributed by atoms with Crippen molar-refractivity contribution in [3.63, 3.8) is 0 Å². The molecule has 3 rings (SSSR count). The first-order chi connectivity index (χ1) is 9.93. The van der Waals surface area contributed by atoms with E-state index in [4.69, 9.17) is 0 Å². The summed E-state index contributed by atoms with van der Waals surface area (Å²) < 4.78 is 0. The van der Waals surface area contributed by atoms with Crippen molar-refractivity contribution in [1.29, 1.82) is 0 Å². The van der Waals surface area contributed by atoms with Crippen molar-refractivity contribution in [3.8, 4) is 11.1 Å². The van der Waals surface area contributed by atoms with E-state index in [-0.39, 0.29) is 0 Å². The van der Waals surface area contributed by atoms with Gasteiger partial charge in [0.05, 0.1) is 0 Å². The second-order valence-electron chi connectivity index (χ2n) is 4.34. The van der Waals surface area contributed by atoms with Crippen LogP contribution in [0.5, 0.6) is 0 Å². The van der Waals surface area contributed by atoms with Gasteiger partial charge in [-0.25, -0.2) is 0 Å². The highest BCUT2D eigenvalue weighted by molar-refractivity contribution is 8.76. The van der Waals surface area contributed by atoms with Gasteiger partial charge in [0.2, 0.25) is 0 Å². The number of hydrogen-bond donors (Lipinski definition) is 0. The van der Waals surface area contributed by atoms with Crippen molar-refractivity contribution >= 4 is 21.6 Å². The summed E-state index contributed by atoms with van der Waals surface area (Å²) in [6.07, 6.45) is 0. The summed E-state index contributed by atoms with van der Waals surface area (Å²) in [5.41, 5.74) is 2.56. The summed E-state index contributed by atoms with van der Waals surface area (Å²) in [5.74, 6) is 0. The van der Waals surface area contributed by atoms with E-state index in [0.717, 1.165) is 0 Å². The Balaban J connectivity index is 1.84. The number of rotatable bonds is 4. The van der Waals surface area contributed by atoms with E-state index >= 15 is 0 Å². The summed E-state index contributed by atoms with van der Waals surface area (Å²) in [7, 11) is 3.61. The van der Waals surface area contributed by atoms with Gasteiger partial charge in [-0.3, -0.25) is 0 Å². The lowest BCUT2D eigenvalue weighted by Crippen LogP contribution is -1.80. The van der Waals surface area contributed by atoms with Crippen LogP contribution in [0.2, 0.25) is 0 Å². The third-order valence-electron chi connectivity index (χ3n) is 2.94. The van der Waals surface area contributed by atoms with Gasteiger partial charge in [0.25, 0.3) is 0 Å². The van der Waals surface area contributed by atoms with Gasteiger partial charge in [0.1, 0.15) is 0 Å². The van der Waals surface area contributed by atoms with Crippen LogP contribution in [-0.4, -0.2) is 0 Å². The molecule has 0 N–H and O–H groups in total. The molecule has 0 saturated heterocycles. The van der Waals surface area contributed by atoms with E-state index in [2.05, 4.69) is 78.9 Å². The van der Waals surface area contributed by atoms with Gasteiger partial charge in [-0.2, -0.15) is 0 Å². The minimum absolute atomic E-state index is 1.27. The average molecular weight is 294 g/mol. The lowest BCUT2D eigenvalue weighted by Gasteiger charge is -2.08. The lowest BCUT2D eigenvalue weighted by molar-refractivity contribution is 1.45. The van der Waals surface area contributed by atoms with Crippen LogP contribution in [0.1, 0.15) is 0 Å². The monoisotopic (exact) mass is 294 g/mol. The molecule has 20 heavy (non-hydrogen) atoms. The summed E-state index contributed by atoms with van der Waals surface area (Å²) in [6, 6.07) is 29.6. The molecule has 2 heteroatoms. The largest absolute Gasteiger partial charge is 0.0622 e.